The van der Waals surface area contributed by atoms with E-state index in [1.54, 1.807) is 36.4 Å². The standard InChI is InChI=1S/C24H24N2O3/c1-17(2)29-22-13-11-21(12-14-22)26-24(28)20-10-6-9-19(15-20)23(27)25-16-18-7-4-3-5-8-18/h3-15,17H,16H2,1-2H3,(H,25,27)(H,26,28). The Hall–Kier alpha value is -3.60. The molecule has 0 heterocycles. The summed E-state index contributed by atoms with van der Waals surface area (Å²) in [7, 11) is 0. The Bertz CT molecular complexity index is 967. The third-order valence-corrected chi connectivity index (χ3v) is 4.17. The molecular formula is C24H24N2O3. The van der Waals surface area contributed by atoms with Gasteiger partial charge in [0.2, 0.25) is 0 Å². The van der Waals surface area contributed by atoms with Gasteiger partial charge in [-0.2, -0.15) is 0 Å². The average molecular weight is 388 g/mol. The number of benzene rings is 3. The Kier molecular flexibility index (Phi) is 6.63. The van der Waals surface area contributed by atoms with E-state index in [1.807, 2.05) is 56.3 Å². The van der Waals surface area contributed by atoms with Crippen molar-refractivity contribution in [2.75, 3.05) is 5.32 Å². The van der Waals surface area contributed by atoms with Crippen molar-refractivity contribution in [3.63, 3.8) is 0 Å². The summed E-state index contributed by atoms with van der Waals surface area (Å²) in [5, 5.41) is 5.70. The maximum absolute atomic E-state index is 12.6. The highest BCUT2D eigenvalue weighted by atomic mass is 16.5. The molecule has 148 valence electrons. The minimum atomic E-state index is -0.278. The predicted octanol–water partition coefficient (Wildman–Crippen LogP) is 4.66. The molecule has 0 unspecified atom stereocenters. The van der Waals surface area contributed by atoms with Crippen LogP contribution in [0.25, 0.3) is 0 Å². The highest BCUT2D eigenvalue weighted by molar-refractivity contribution is 6.06. The molecule has 3 aromatic rings. The Morgan fingerprint density at radius 2 is 1.48 bits per heavy atom. The van der Waals surface area contributed by atoms with Crippen LogP contribution in [0.2, 0.25) is 0 Å². The van der Waals surface area contributed by atoms with Gasteiger partial charge in [-0.15, -0.1) is 0 Å². The second-order valence-electron chi connectivity index (χ2n) is 6.89. The van der Waals surface area contributed by atoms with Crippen LogP contribution in [0.4, 0.5) is 5.69 Å². The fourth-order valence-corrected chi connectivity index (χ4v) is 2.77. The first-order valence-electron chi connectivity index (χ1n) is 9.51. The van der Waals surface area contributed by atoms with Crippen molar-refractivity contribution < 1.29 is 14.3 Å². The quantitative estimate of drug-likeness (QED) is 0.619. The van der Waals surface area contributed by atoms with Crippen LogP contribution in [-0.4, -0.2) is 17.9 Å². The molecule has 0 aliphatic rings. The number of anilines is 1. The summed E-state index contributed by atoms with van der Waals surface area (Å²) in [4.78, 5) is 25.0. The summed E-state index contributed by atoms with van der Waals surface area (Å²) in [5.41, 5.74) is 2.53. The summed E-state index contributed by atoms with van der Waals surface area (Å²) >= 11 is 0. The molecule has 0 aliphatic heterocycles. The minimum absolute atomic E-state index is 0.0891. The topological polar surface area (TPSA) is 67.4 Å². The molecule has 0 atom stereocenters. The third kappa shape index (κ3) is 5.94. The molecule has 0 radical (unpaired) electrons. The van der Waals surface area contributed by atoms with E-state index in [-0.39, 0.29) is 17.9 Å². The Morgan fingerprint density at radius 1 is 0.828 bits per heavy atom. The molecule has 0 saturated carbocycles. The second kappa shape index (κ2) is 9.55. The van der Waals surface area contributed by atoms with Gasteiger partial charge in [0.25, 0.3) is 11.8 Å². The Labute approximate surface area is 170 Å². The van der Waals surface area contributed by atoms with Gasteiger partial charge >= 0.3 is 0 Å². The van der Waals surface area contributed by atoms with E-state index in [2.05, 4.69) is 10.6 Å². The van der Waals surface area contributed by atoms with Gasteiger partial charge in [-0.05, 0) is 61.9 Å². The molecular weight excluding hydrogens is 364 g/mol. The lowest BCUT2D eigenvalue weighted by atomic mass is 10.1. The maximum Gasteiger partial charge on any atom is 0.255 e. The van der Waals surface area contributed by atoms with Crippen molar-refractivity contribution in [1.29, 1.82) is 0 Å². The van der Waals surface area contributed by atoms with E-state index >= 15 is 0 Å². The lowest BCUT2D eigenvalue weighted by Crippen LogP contribution is -2.23. The smallest absolute Gasteiger partial charge is 0.255 e. The van der Waals surface area contributed by atoms with Gasteiger partial charge in [0.05, 0.1) is 6.10 Å². The number of ether oxygens (including phenoxy) is 1. The summed E-state index contributed by atoms with van der Waals surface area (Å²) in [6, 6.07) is 23.5. The molecule has 0 saturated heterocycles. The summed E-state index contributed by atoms with van der Waals surface area (Å²) < 4.78 is 5.60. The summed E-state index contributed by atoms with van der Waals surface area (Å²) in [6.45, 7) is 4.35. The fourth-order valence-electron chi connectivity index (χ4n) is 2.77. The zero-order chi connectivity index (χ0) is 20.6. The van der Waals surface area contributed by atoms with Crippen molar-refractivity contribution >= 4 is 17.5 Å². The molecule has 2 N–H and O–H groups in total. The highest BCUT2D eigenvalue weighted by Crippen LogP contribution is 2.18. The van der Waals surface area contributed by atoms with Crippen LogP contribution in [0.5, 0.6) is 5.75 Å². The number of carbonyl (C=O) groups is 2. The van der Waals surface area contributed by atoms with Crippen LogP contribution in [0.1, 0.15) is 40.1 Å². The summed E-state index contributed by atoms with van der Waals surface area (Å²) in [5.74, 6) is 0.244. The van der Waals surface area contributed by atoms with E-state index in [0.717, 1.165) is 11.3 Å². The Morgan fingerprint density at radius 3 is 2.14 bits per heavy atom. The third-order valence-electron chi connectivity index (χ3n) is 4.17. The summed E-state index contributed by atoms with van der Waals surface area (Å²) in [6.07, 6.45) is 0.0891. The largest absolute Gasteiger partial charge is 0.491 e. The highest BCUT2D eigenvalue weighted by Gasteiger charge is 2.11. The molecule has 29 heavy (non-hydrogen) atoms. The van der Waals surface area contributed by atoms with Crippen molar-refractivity contribution in [3.05, 3.63) is 95.6 Å². The SMILES string of the molecule is CC(C)Oc1ccc(NC(=O)c2cccc(C(=O)NCc3ccccc3)c2)cc1. The molecule has 3 rings (SSSR count). The average Bonchev–Trinajstić information content (AvgIpc) is 2.74. The van der Waals surface area contributed by atoms with Crippen molar-refractivity contribution in [1.82, 2.24) is 5.32 Å². The number of carbonyl (C=O) groups excluding carboxylic acids is 2. The van der Waals surface area contributed by atoms with Crippen molar-refractivity contribution in [2.24, 2.45) is 0 Å². The molecule has 0 spiro atoms. The molecule has 0 fully saturated rings. The molecule has 5 heteroatoms. The van der Waals surface area contributed by atoms with Gasteiger partial charge in [0.1, 0.15) is 5.75 Å². The predicted molar refractivity (Wildman–Crippen MR) is 114 cm³/mol. The molecule has 0 aromatic heterocycles. The van der Waals surface area contributed by atoms with E-state index in [0.29, 0.717) is 23.4 Å². The van der Waals surface area contributed by atoms with Gasteiger partial charge in [0, 0.05) is 23.4 Å². The zero-order valence-corrected chi connectivity index (χ0v) is 16.5. The van der Waals surface area contributed by atoms with Crippen LogP contribution >= 0.6 is 0 Å². The number of hydrogen-bond donors (Lipinski definition) is 2. The van der Waals surface area contributed by atoms with Gasteiger partial charge < -0.3 is 15.4 Å². The normalized spacial score (nSPS) is 10.4. The molecule has 0 aliphatic carbocycles. The van der Waals surface area contributed by atoms with Crippen LogP contribution in [0.3, 0.4) is 0 Å². The van der Waals surface area contributed by atoms with Gasteiger partial charge in [-0.25, -0.2) is 0 Å². The van der Waals surface area contributed by atoms with E-state index in [4.69, 9.17) is 4.74 Å². The number of nitrogens with one attached hydrogen (secondary N) is 2. The lowest BCUT2D eigenvalue weighted by molar-refractivity contribution is 0.0951. The molecule has 5 nitrogen and oxygen atoms in total. The number of rotatable bonds is 7. The maximum atomic E-state index is 12.6. The molecule has 2 amide bonds. The zero-order valence-electron chi connectivity index (χ0n) is 16.5. The van der Waals surface area contributed by atoms with E-state index < -0.39 is 0 Å². The first-order valence-corrected chi connectivity index (χ1v) is 9.51. The fraction of sp³-hybridized carbons (Fsp3) is 0.167. The van der Waals surface area contributed by atoms with Gasteiger partial charge in [0.15, 0.2) is 0 Å². The molecule has 3 aromatic carbocycles. The van der Waals surface area contributed by atoms with Crippen molar-refractivity contribution in [2.45, 2.75) is 26.5 Å². The molecule has 0 bridgehead atoms. The number of hydrogen-bond acceptors (Lipinski definition) is 3. The first kappa shape index (κ1) is 20.1. The minimum Gasteiger partial charge on any atom is -0.491 e. The van der Waals surface area contributed by atoms with Crippen LogP contribution in [0.15, 0.2) is 78.9 Å². The van der Waals surface area contributed by atoms with E-state index in [9.17, 15) is 9.59 Å². The monoisotopic (exact) mass is 388 g/mol. The van der Waals surface area contributed by atoms with Crippen LogP contribution in [-0.2, 0) is 6.54 Å². The number of amides is 2. The Balaban J connectivity index is 1.62. The first-order chi connectivity index (χ1) is 14.0. The van der Waals surface area contributed by atoms with Gasteiger partial charge in [-0.3, -0.25) is 9.59 Å². The van der Waals surface area contributed by atoms with Crippen molar-refractivity contribution in [3.8, 4) is 5.75 Å². The van der Waals surface area contributed by atoms with Crippen LogP contribution < -0.4 is 15.4 Å². The van der Waals surface area contributed by atoms with Gasteiger partial charge in [-0.1, -0.05) is 36.4 Å². The van der Waals surface area contributed by atoms with Crippen LogP contribution in [0, 0.1) is 0 Å². The second-order valence-corrected chi connectivity index (χ2v) is 6.89. The lowest BCUT2D eigenvalue weighted by Gasteiger charge is -2.11. The van der Waals surface area contributed by atoms with E-state index in [1.165, 1.54) is 0 Å².